The highest BCUT2D eigenvalue weighted by Crippen LogP contribution is 2.46. The number of nitrogens with two attached hydrogens (primary N) is 1. The van der Waals surface area contributed by atoms with E-state index in [0.29, 0.717) is 23.6 Å². The van der Waals surface area contributed by atoms with E-state index < -0.39 is 0 Å². The number of nitrogen functional groups attached to an aromatic ring is 1. The van der Waals surface area contributed by atoms with Crippen molar-refractivity contribution >= 4 is 21.7 Å². The van der Waals surface area contributed by atoms with Gasteiger partial charge < -0.3 is 5.73 Å². The van der Waals surface area contributed by atoms with Crippen molar-refractivity contribution in [3.63, 3.8) is 0 Å². The van der Waals surface area contributed by atoms with Gasteiger partial charge >= 0.3 is 0 Å². The summed E-state index contributed by atoms with van der Waals surface area (Å²) in [6.07, 6.45) is 1.19. The number of aromatic nitrogens is 2. The lowest BCUT2D eigenvalue weighted by Gasteiger charge is -2.11. The average molecular weight is 270 g/mol. The normalized spacial score (nSPS) is 24.6. The molecule has 0 bridgehead atoms. The molecule has 1 aromatic rings. The van der Waals surface area contributed by atoms with Crippen LogP contribution in [0.4, 0.5) is 5.82 Å². The summed E-state index contributed by atoms with van der Waals surface area (Å²) < 4.78 is 0.856. The lowest BCUT2D eigenvalue weighted by Crippen LogP contribution is -2.06. The average Bonchev–Trinajstić information content (AvgIpc) is 2.87. The minimum atomic E-state index is 0.373. The molecule has 15 heavy (non-hydrogen) atoms. The number of rotatable bonds is 2. The number of anilines is 1. The van der Waals surface area contributed by atoms with Gasteiger partial charge in [0.05, 0.1) is 10.2 Å². The topological polar surface area (TPSA) is 51.8 Å². The van der Waals surface area contributed by atoms with Crippen molar-refractivity contribution < 1.29 is 0 Å². The first-order chi connectivity index (χ1) is 7.00. The van der Waals surface area contributed by atoms with Crippen LogP contribution in [0.3, 0.4) is 0 Å². The van der Waals surface area contributed by atoms with E-state index in [4.69, 9.17) is 5.73 Å². The fraction of sp³-hybridized carbons (Fsp3) is 0.636. The Balaban J connectivity index is 2.42. The van der Waals surface area contributed by atoms with Crippen LogP contribution in [0.5, 0.6) is 0 Å². The summed E-state index contributed by atoms with van der Waals surface area (Å²) in [5, 5.41) is 0. The van der Waals surface area contributed by atoms with Gasteiger partial charge in [0.1, 0.15) is 11.6 Å². The highest BCUT2D eigenvalue weighted by atomic mass is 79.9. The highest BCUT2D eigenvalue weighted by molar-refractivity contribution is 9.10. The molecule has 0 aromatic carbocycles. The summed E-state index contributed by atoms with van der Waals surface area (Å²) in [5.74, 6) is 3.11. The fourth-order valence-corrected chi connectivity index (χ4v) is 2.37. The van der Waals surface area contributed by atoms with Gasteiger partial charge in [-0.2, -0.15) is 0 Å². The molecule has 1 aliphatic carbocycles. The molecule has 0 aliphatic heterocycles. The molecule has 1 aliphatic rings. The molecule has 0 saturated heterocycles. The number of halogens is 1. The second-order valence-corrected chi connectivity index (χ2v) is 5.43. The van der Waals surface area contributed by atoms with E-state index in [1.54, 1.807) is 0 Å². The summed E-state index contributed by atoms with van der Waals surface area (Å²) in [5.41, 5.74) is 6.90. The molecule has 1 fully saturated rings. The van der Waals surface area contributed by atoms with Crippen LogP contribution in [0.25, 0.3) is 0 Å². The third kappa shape index (κ3) is 2.00. The molecule has 2 atom stereocenters. The molecule has 2 N–H and O–H groups in total. The predicted molar refractivity (Wildman–Crippen MR) is 64.8 cm³/mol. The van der Waals surface area contributed by atoms with Crippen molar-refractivity contribution in [1.29, 1.82) is 0 Å². The van der Waals surface area contributed by atoms with Crippen LogP contribution >= 0.6 is 15.9 Å². The van der Waals surface area contributed by atoms with Gasteiger partial charge in [-0.1, -0.05) is 20.8 Å². The molecule has 0 amide bonds. The van der Waals surface area contributed by atoms with Crippen LogP contribution in [0.1, 0.15) is 50.5 Å². The van der Waals surface area contributed by atoms with E-state index in [-0.39, 0.29) is 0 Å². The van der Waals surface area contributed by atoms with Crippen molar-refractivity contribution in [3.8, 4) is 0 Å². The maximum absolute atomic E-state index is 5.87. The van der Waals surface area contributed by atoms with Crippen LogP contribution in [0.15, 0.2) is 4.47 Å². The van der Waals surface area contributed by atoms with Gasteiger partial charge in [-0.05, 0) is 34.2 Å². The van der Waals surface area contributed by atoms with Crippen molar-refractivity contribution in [2.75, 3.05) is 5.73 Å². The van der Waals surface area contributed by atoms with E-state index in [2.05, 4.69) is 46.7 Å². The Morgan fingerprint density at radius 3 is 2.47 bits per heavy atom. The zero-order valence-corrected chi connectivity index (χ0v) is 10.9. The summed E-state index contributed by atoms with van der Waals surface area (Å²) >= 11 is 3.45. The monoisotopic (exact) mass is 269 g/mol. The van der Waals surface area contributed by atoms with Gasteiger partial charge in [0, 0.05) is 5.92 Å². The number of nitrogens with zero attached hydrogens (tertiary/aromatic N) is 2. The fourth-order valence-electron chi connectivity index (χ4n) is 1.73. The van der Waals surface area contributed by atoms with Crippen molar-refractivity contribution in [1.82, 2.24) is 9.97 Å². The molecule has 3 nitrogen and oxygen atoms in total. The van der Waals surface area contributed by atoms with E-state index in [1.165, 1.54) is 6.42 Å². The van der Waals surface area contributed by atoms with Gasteiger partial charge in [-0.3, -0.25) is 0 Å². The molecule has 1 aromatic heterocycles. The summed E-state index contributed by atoms with van der Waals surface area (Å²) in [4.78, 5) is 8.96. The Hall–Kier alpha value is -0.640. The first kappa shape index (κ1) is 10.9. The van der Waals surface area contributed by atoms with Crippen LogP contribution in [0, 0.1) is 5.92 Å². The Morgan fingerprint density at radius 1 is 1.40 bits per heavy atom. The second kappa shape index (κ2) is 3.74. The van der Waals surface area contributed by atoms with Gasteiger partial charge in [-0.15, -0.1) is 0 Å². The van der Waals surface area contributed by atoms with Crippen LogP contribution in [0.2, 0.25) is 0 Å². The molecule has 2 unspecified atom stereocenters. The minimum Gasteiger partial charge on any atom is -0.383 e. The largest absolute Gasteiger partial charge is 0.383 e. The molecule has 0 radical (unpaired) electrons. The minimum absolute atomic E-state index is 0.373. The standard InChI is InChI=1S/C11H16BrN3/c1-5(2)9-8(12)10(13)15-11(14-9)7-4-6(7)3/h5-7H,4H2,1-3H3,(H2,13,14,15). The van der Waals surface area contributed by atoms with Crippen LogP contribution < -0.4 is 5.73 Å². The van der Waals surface area contributed by atoms with Gasteiger partial charge in [0.25, 0.3) is 0 Å². The molecular formula is C11H16BrN3. The van der Waals surface area contributed by atoms with Gasteiger partial charge in [0.15, 0.2) is 0 Å². The van der Waals surface area contributed by atoms with Crippen LogP contribution in [-0.2, 0) is 0 Å². The summed E-state index contributed by atoms with van der Waals surface area (Å²) in [6, 6.07) is 0. The first-order valence-electron chi connectivity index (χ1n) is 5.33. The highest BCUT2D eigenvalue weighted by Gasteiger charge is 2.37. The van der Waals surface area contributed by atoms with Crippen molar-refractivity contribution in [2.45, 2.75) is 39.0 Å². The summed E-state index contributed by atoms with van der Waals surface area (Å²) in [6.45, 7) is 6.46. The lowest BCUT2D eigenvalue weighted by atomic mass is 10.1. The van der Waals surface area contributed by atoms with Gasteiger partial charge in [0.2, 0.25) is 0 Å². The molecule has 0 spiro atoms. The third-order valence-corrected chi connectivity index (χ3v) is 3.72. The maximum atomic E-state index is 5.87. The smallest absolute Gasteiger partial charge is 0.141 e. The van der Waals surface area contributed by atoms with Crippen molar-refractivity contribution in [2.24, 2.45) is 5.92 Å². The number of hydrogen-bond acceptors (Lipinski definition) is 3. The van der Waals surface area contributed by atoms with E-state index in [1.807, 2.05) is 0 Å². The zero-order valence-electron chi connectivity index (χ0n) is 9.29. The van der Waals surface area contributed by atoms with E-state index in [0.717, 1.165) is 16.0 Å². The third-order valence-electron chi connectivity index (χ3n) is 2.91. The Morgan fingerprint density at radius 2 is 2.00 bits per heavy atom. The Kier molecular flexibility index (Phi) is 2.71. The number of hydrogen-bond donors (Lipinski definition) is 1. The lowest BCUT2D eigenvalue weighted by molar-refractivity contribution is 0.763. The van der Waals surface area contributed by atoms with Crippen LogP contribution in [-0.4, -0.2) is 9.97 Å². The molecule has 1 heterocycles. The van der Waals surface area contributed by atoms with E-state index in [9.17, 15) is 0 Å². The Bertz CT molecular complexity index is 390. The maximum Gasteiger partial charge on any atom is 0.141 e. The van der Waals surface area contributed by atoms with Gasteiger partial charge in [-0.25, -0.2) is 9.97 Å². The van der Waals surface area contributed by atoms with Crippen molar-refractivity contribution in [3.05, 3.63) is 16.0 Å². The first-order valence-corrected chi connectivity index (χ1v) is 6.12. The van der Waals surface area contributed by atoms with E-state index >= 15 is 0 Å². The quantitative estimate of drug-likeness (QED) is 0.898. The molecular weight excluding hydrogens is 254 g/mol. The molecule has 2 rings (SSSR count). The SMILES string of the molecule is CC(C)c1nc(C2CC2C)nc(N)c1Br. The Labute approximate surface area is 98.6 Å². The molecule has 4 heteroatoms. The summed E-state index contributed by atoms with van der Waals surface area (Å²) in [7, 11) is 0. The second-order valence-electron chi connectivity index (χ2n) is 4.64. The molecule has 1 saturated carbocycles. The zero-order chi connectivity index (χ0) is 11.2. The molecule has 82 valence electrons. The predicted octanol–water partition coefficient (Wildman–Crippen LogP) is 3.07.